The molecule has 25 heavy (non-hydrogen) atoms. The van der Waals surface area contributed by atoms with Crippen LogP contribution in [0.5, 0.6) is 0 Å². The Labute approximate surface area is 151 Å². The normalized spacial score (nSPS) is 11.8. The smallest absolute Gasteiger partial charge is 0.308 e. The van der Waals surface area contributed by atoms with Gasteiger partial charge in [-0.3, -0.25) is 9.59 Å². The molecule has 0 aliphatic rings. The number of rotatable bonds is 8. The molecular formula is C18H23N3O3S. The number of ether oxygens (including phenoxy) is 1. The summed E-state index contributed by atoms with van der Waals surface area (Å²) in [5.41, 5.74) is 7.75. The predicted octanol–water partition coefficient (Wildman–Crippen LogP) is 2.38. The van der Waals surface area contributed by atoms with Gasteiger partial charge in [0.15, 0.2) is 0 Å². The summed E-state index contributed by atoms with van der Waals surface area (Å²) in [7, 11) is 0. The van der Waals surface area contributed by atoms with Gasteiger partial charge in [-0.1, -0.05) is 24.3 Å². The van der Waals surface area contributed by atoms with Gasteiger partial charge in [0, 0.05) is 11.8 Å². The molecule has 3 N–H and O–H groups in total. The van der Waals surface area contributed by atoms with Gasteiger partial charge in [-0.05, 0) is 31.5 Å². The van der Waals surface area contributed by atoms with Gasteiger partial charge >= 0.3 is 5.97 Å². The van der Waals surface area contributed by atoms with E-state index in [1.165, 1.54) is 11.3 Å². The summed E-state index contributed by atoms with van der Waals surface area (Å²) >= 11 is 1.41. The number of nitrogens with two attached hydrogens (primary N) is 1. The maximum atomic E-state index is 12.5. The van der Waals surface area contributed by atoms with Crippen LogP contribution in [-0.4, -0.2) is 30.0 Å². The summed E-state index contributed by atoms with van der Waals surface area (Å²) < 4.78 is 5.04. The molecule has 2 rings (SSSR count). The zero-order valence-corrected chi connectivity index (χ0v) is 15.3. The maximum absolute atomic E-state index is 12.5. The Kier molecular flexibility index (Phi) is 7.09. The average Bonchev–Trinajstić information content (AvgIpc) is 3.04. The standard InChI is InChI=1S/C18H23N3O3S/c1-3-24-17(22)10-14(13-7-5-4-6-12(13)2)21-18(23)15-11-25-16(20-15)8-9-19/h4-7,11,14H,3,8-10,19H2,1-2H3,(H,21,23). The molecule has 0 saturated heterocycles. The number of carbonyl (C=O) groups excluding carboxylic acids is 2. The number of benzene rings is 1. The van der Waals surface area contributed by atoms with E-state index in [1.807, 2.05) is 31.2 Å². The second-order valence-corrected chi connectivity index (χ2v) is 6.50. The van der Waals surface area contributed by atoms with E-state index in [9.17, 15) is 9.59 Å². The van der Waals surface area contributed by atoms with Crippen LogP contribution in [0.25, 0.3) is 0 Å². The predicted molar refractivity (Wildman–Crippen MR) is 97.5 cm³/mol. The lowest BCUT2D eigenvalue weighted by Gasteiger charge is -2.20. The summed E-state index contributed by atoms with van der Waals surface area (Å²) in [5, 5.41) is 5.44. The molecule has 1 heterocycles. The number of nitrogens with zero attached hydrogens (tertiary/aromatic N) is 1. The highest BCUT2D eigenvalue weighted by molar-refractivity contribution is 7.09. The Balaban J connectivity index is 2.18. The van der Waals surface area contributed by atoms with Crippen molar-refractivity contribution in [3.05, 3.63) is 51.5 Å². The Morgan fingerprint density at radius 1 is 1.36 bits per heavy atom. The number of nitrogens with one attached hydrogen (secondary N) is 1. The first-order valence-electron chi connectivity index (χ1n) is 8.21. The number of hydrogen-bond donors (Lipinski definition) is 2. The second-order valence-electron chi connectivity index (χ2n) is 5.56. The minimum Gasteiger partial charge on any atom is -0.466 e. The van der Waals surface area contributed by atoms with Gasteiger partial charge in [0.05, 0.1) is 24.1 Å². The van der Waals surface area contributed by atoms with Crippen molar-refractivity contribution in [1.82, 2.24) is 10.3 Å². The van der Waals surface area contributed by atoms with Crippen molar-refractivity contribution in [1.29, 1.82) is 0 Å². The Bertz CT molecular complexity index is 730. The molecule has 2 aromatic rings. The fourth-order valence-corrected chi connectivity index (χ4v) is 3.28. The quantitative estimate of drug-likeness (QED) is 0.704. The average molecular weight is 361 g/mol. The molecule has 0 spiro atoms. The summed E-state index contributed by atoms with van der Waals surface area (Å²) in [6.45, 7) is 4.50. The first-order chi connectivity index (χ1) is 12.0. The van der Waals surface area contributed by atoms with Crippen molar-refractivity contribution in [3.63, 3.8) is 0 Å². The second kappa shape index (κ2) is 9.29. The van der Waals surface area contributed by atoms with Crippen LogP contribution in [0, 0.1) is 6.92 Å². The van der Waals surface area contributed by atoms with Gasteiger partial charge in [0.25, 0.3) is 5.91 Å². The Morgan fingerprint density at radius 3 is 2.80 bits per heavy atom. The largest absolute Gasteiger partial charge is 0.466 e. The summed E-state index contributed by atoms with van der Waals surface area (Å²) in [4.78, 5) is 28.8. The highest BCUT2D eigenvalue weighted by Crippen LogP contribution is 2.22. The highest BCUT2D eigenvalue weighted by Gasteiger charge is 2.22. The van der Waals surface area contributed by atoms with E-state index < -0.39 is 6.04 Å². The molecule has 1 aromatic carbocycles. The molecule has 1 unspecified atom stereocenters. The monoisotopic (exact) mass is 361 g/mol. The van der Waals surface area contributed by atoms with Crippen LogP contribution >= 0.6 is 11.3 Å². The molecule has 0 aliphatic carbocycles. The van der Waals surface area contributed by atoms with Crippen LogP contribution in [0.3, 0.4) is 0 Å². The zero-order valence-electron chi connectivity index (χ0n) is 14.5. The van der Waals surface area contributed by atoms with Gasteiger partial charge < -0.3 is 15.8 Å². The van der Waals surface area contributed by atoms with Crippen molar-refractivity contribution in [2.24, 2.45) is 5.73 Å². The van der Waals surface area contributed by atoms with E-state index in [4.69, 9.17) is 10.5 Å². The molecule has 1 atom stereocenters. The number of aryl methyl sites for hydroxylation is 1. The Hall–Kier alpha value is -2.25. The molecule has 0 saturated carbocycles. The van der Waals surface area contributed by atoms with Crippen molar-refractivity contribution >= 4 is 23.2 Å². The van der Waals surface area contributed by atoms with Gasteiger partial charge in [-0.2, -0.15) is 0 Å². The highest BCUT2D eigenvalue weighted by atomic mass is 32.1. The number of esters is 1. The number of carbonyl (C=O) groups is 2. The lowest BCUT2D eigenvalue weighted by Crippen LogP contribution is -2.31. The fraction of sp³-hybridized carbons (Fsp3) is 0.389. The van der Waals surface area contributed by atoms with E-state index in [0.717, 1.165) is 16.1 Å². The topological polar surface area (TPSA) is 94.3 Å². The van der Waals surface area contributed by atoms with Crippen LogP contribution in [0.4, 0.5) is 0 Å². The van der Waals surface area contributed by atoms with Gasteiger partial charge in [0.1, 0.15) is 5.69 Å². The van der Waals surface area contributed by atoms with E-state index in [1.54, 1.807) is 12.3 Å². The van der Waals surface area contributed by atoms with Gasteiger partial charge in [0.2, 0.25) is 0 Å². The number of amides is 1. The molecule has 1 aromatic heterocycles. The van der Waals surface area contributed by atoms with Crippen molar-refractivity contribution in [3.8, 4) is 0 Å². The lowest BCUT2D eigenvalue weighted by atomic mass is 9.98. The first kappa shape index (κ1) is 19.1. The van der Waals surface area contributed by atoms with Crippen molar-refractivity contribution < 1.29 is 14.3 Å². The van der Waals surface area contributed by atoms with Crippen molar-refractivity contribution in [2.45, 2.75) is 32.7 Å². The fourth-order valence-electron chi connectivity index (χ4n) is 2.49. The lowest BCUT2D eigenvalue weighted by molar-refractivity contribution is -0.143. The van der Waals surface area contributed by atoms with E-state index in [0.29, 0.717) is 25.3 Å². The van der Waals surface area contributed by atoms with Crippen molar-refractivity contribution in [2.75, 3.05) is 13.2 Å². The minimum absolute atomic E-state index is 0.0736. The molecule has 0 fully saturated rings. The molecular weight excluding hydrogens is 338 g/mol. The van der Waals surface area contributed by atoms with Crippen LogP contribution in [0.1, 0.15) is 46.0 Å². The van der Waals surface area contributed by atoms with E-state index in [2.05, 4.69) is 10.3 Å². The number of aromatic nitrogens is 1. The van der Waals surface area contributed by atoms with Crippen LogP contribution in [0.15, 0.2) is 29.6 Å². The third-order valence-corrected chi connectivity index (χ3v) is 4.60. The van der Waals surface area contributed by atoms with E-state index in [-0.39, 0.29) is 18.3 Å². The van der Waals surface area contributed by atoms with E-state index >= 15 is 0 Å². The van der Waals surface area contributed by atoms with Crippen LogP contribution in [0.2, 0.25) is 0 Å². The van der Waals surface area contributed by atoms with Gasteiger partial charge in [-0.15, -0.1) is 11.3 Å². The molecule has 0 radical (unpaired) electrons. The molecule has 134 valence electrons. The molecule has 1 amide bonds. The Morgan fingerprint density at radius 2 is 2.12 bits per heavy atom. The van der Waals surface area contributed by atoms with Crippen LogP contribution < -0.4 is 11.1 Å². The summed E-state index contributed by atoms with van der Waals surface area (Å²) in [5.74, 6) is -0.657. The minimum atomic E-state index is -0.465. The number of hydrogen-bond acceptors (Lipinski definition) is 6. The molecule has 0 aliphatic heterocycles. The molecule has 6 nitrogen and oxygen atoms in total. The molecule has 7 heteroatoms. The molecule has 0 bridgehead atoms. The zero-order chi connectivity index (χ0) is 18.2. The maximum Gasteiger partial charge on any atom is 0.308 e. The third kappa shape index (κ3) is 5.37. The summed E-state index contributed by atoms with van der Waals surface area (Å²) in [6, 6.07) is 7.19. The first-order valence-corrected chi connectivity index (χ1v) is 9.09. The third-order valence-electron chi connectivity index (χ3n) is 3.69. The van der Waals surface area contributed by atoms with Crippen LogP contribution in [-0.2, 0) is 16.0 Å². The number of thiazole rings is 1. The summed E-state index contributed by atoms with van der Waals surface area (Å²) in [6.07, 6.45) is 0.715. The SMILES string of the molecule is CCOC(=O)CC(NC(=O)c1csc(CCN)n1)c1ccccc1C. The van der Waals surface area contributed by atoms with Gasteiger partial charge in [-0.25, -0.2) is 4.98 Å².